The minimum absolute atomic E-state index is 0.254. The average Bonchev–Trinajstić information content (AvgIpc) is 3.05. The topological polar surface area (TPSA) is 18.5 Å². The Hall–Kier alpha value is -2.58. The third kappa shape index (κ3) is 10.00. The molecule has 0 radical (unpaired) electrons. The Morgan fingerprint density at radius 2 is 0.792 bits per heavy atom. The summed E-state index contributed by atoms with van der Waals surface area (Å²) in [4.78, 5) is 0. The van der Waals surface area contributed by atoms with Gasteiger partial charge in [-0.25, -0.2) is 0 Å². The maximum absolute atomic E-state index is 12.6. The largest absolute Gasteiger partial charge is 0.573 e. The minimum atomic E-state index is -4.73. The number of ether oxygens (including phenoxy) is 2. The fraction of sp³-hybridized carbons (Fsp3) is 0.122. The summed E-state index contributed by atoms with van der Waals surface area (Å²) in [6.45, 7) is 4.15. The molecular weight excluding hydrogens is 1150 g/mol. The Morgan fingerprint density at radius 3 is 1.23 bits per heavy atom. The van der Waals surface area contributed by atoms with Crippen molar-refractivity contribution >= 4 is 90.4 Å². The molecule has 12 heteroatoms. The Morgan fingerprint density at radius 1 is 0.415 bits per heavy atom. The van der Waals surface area contributed by atoms with E-state index in [4.69, 9.17) is 0 Å². The lowest BCUT2D eigenvalue weighted by Gasteiger charge is -2.16. The SMILES string of the molecule is Cc1cc(-c2c(I)cc(-c3ccc(OC(F)(F)F)cc3)cc2I)ccc1Cc1ccc(-c2c(C)cc(-c3ccc(OC(F)(F)F)cc3)cc2I)cc1I. The lowest BCUT2D eigenvalue weighted by Crippen LogP contribution is -2.16. The summed E-state index contributed by atoms with van der Waals surface area (Å²) in [7, 11) is 0. The first-order valence-corrected chi connectivity index (χ1v) is 20.2. The minimum Gasteiger partial charge on any atom is -0.406 e. The van der Waals surface area contributed by atoms with Gasteiger partial charge < -0.3 is 9.47 Å². The molecule has 6 rings (SSSR count). The molecule has 0 spiro atoms. The average molecular weight is 1170 g/mol. The van der Waals surface area contributed by atoms with E-state index < -0.39 is 12.7 Å². The highest BCUT2D eigenvalue weighted by Gasteiger charge is 2.31. The summed E-state index contributed by atoms with van der Waals surface area (Å²) in [6.07, 6.45) is -8.71. The van der Waals surface area contributed by atoms with Crippen LogP contribution in [0.25, 0.3) is 44.5 Å². The Balaban J connectivity index is 1.19. The lowest BCUT2D eigenvalue weighted by atomic mass is 9.93. The van der Waals surface area contributed by atoms with E-state index in [2.05, 4.69) is 143 Å². The van der Waals surface area contributed by atoms with Crippen LogP contribution in [0, 0.1) is 28.1 Å². The second-order valence-electron chi connectivity index (χ2n) is 12.2. The third-order valence-electron chi connectivity index (χ3n) is 8.53. The summed E-state index contributed by atoms with van der Waals surface area (Å²) in [6, 6.07) is 32.9. The molecule has 6 aromatic rings. The van der Waals surface area contributed by atoms with Gasteiger partial charge in [-0.2, -0.15) is 0 Å². The smallest absolute Gasteiger partial charge is 0.406 e. The van der Waals surface area contributed by atoms with Crippen molar-refractivity contribution in [3.63, 3.8) is 0 Å². The molecule has 0 aliphatic rings. The zero-order valence-electron chi connectivity index (χ0n) is 27.7. The van der Waals surface area contributed by atoms with Crippen LogP contribution in [0.5, 0.6) is 11.5 Å². The quantitative estimate of drug-likeness (QED) is 0.112. The van der Waals surface area contributed by atoms with E-state index in [-0.39, 0.29) is 11.5 Å². The first-order chi connectivity index (χ1) is 24.9. The number of benzene rings is 6. The highest BCUT2D eigenvalue weighted by atomic mass is 127. The van der Waals surface area contributed by atoms with Gasteiger partial charge in [0.15, 0.2) is 0 Å². The van der Waals surface area contributed by atoms with Crippen LogP contribution in [0.4, 0.5) is 26.3 Å². The summed E-state index contributed by atoms with van der Waals surface area (Å²) < 4.78 is 87.8. The Bertz CT molecular complexity index is 2090. The molecule has 53 heavy (non-hydrogen) atoms. The van der Waals surface area contributed by atoms with Crippen LogP contribution in [0.15, 0.2) is 109 Å². The van der Waals surface area contributed by atoms with Crippen LogP contribution in [0.2, 0.25) is 0 Å². The van der Waals surface area contributed by atoms with Crippen molar-refractivity contribution in [3.05, 3.63) is 146 Å². The normalized spacial score (nSPS) is 11.8. The highest BCUT2D eigenvalue weighted by Crippen LogP contribution is 2.38. The molecule has 0 aliphatic carbocycles. The molecule has 0 aromatic heterocycles. The van der Waals surface area contributed by atoms with Gasteiger partial charge in [-0.15, -0.1) is 26.3 Å². The van der Waals surface area contributed by atoms with E-state index in [0.717, 1.165) is 76.3 Å². The molecule has 0 atom stereocenters. The molecule has 6 aromatic carbocycles. The van der Waals surface area contributed by atoms with Gasteiger partial charge in [-0.05, 0) is 220 Å². The van der Waals surface area contributed by atoms with E-state index in [1.54, 1.807) is 24.3 Å². The van der Waals surface area contributed by atoms with Crippen LogP contribution in [0.1, 0.15) is 22.3 Å². The number of hydrogen-bond acceptors (Lipinski definition) is 2. The monoisotopic (exact) mass is 1170 g/mol. The van der Waals surface area contributed by atoms with Crippen molar-refractivity contribution in [1.82, 2.24) is 0 Å². The van der Waals surface area contributed by atoms with Gasteiger partial charge in [0.05, 0.1) is 0 Å². The highest BCUT2D eigenvalue weighted by molar-refractivity contribution is 14.1. The van der Waals surface area contributed by atoms with Crippen molar-refractivity contribution in [2.75, 3.05) is 0 Å². The summed E-state index contributed by atoms with van der Waals surface area (Å²) >= 11 is 9.33. The first kappa shape index (κ1) is 40.1. The maximum atomic E-state index is 12.6. The van der Waals surface area contributed by atoms with E-state index in [1.165, 1.54) is 35.4 Å². The molecule has 2 nitrogen and oxygen atoms in total. The molecule has 0 fully saturated rings. The van der Waals surface area contributed by atoms with E-state index >= 15 is 0 Å². The van der Waals surface area contributed by atoms with Gasteiger partial charge in [-0.3, -0.25) is 0 Å². The molecular formula is C41H26F6I4O2. The van der Waals surface area contributed by atoms with Crippen molar-refractivity contribution < 1.29 is 35.8 Å². The second kappa shape index (κ2) is 16.3. The van der Waals surface area contributed by atoms with Crippen molar-refractivity contribution in [3.8, 4) is 56.0 Å². The van der Waals surface area contributed by atoms with Gasteiger partial charge in [0.2, 0.25) is 0 Å². The van der Waals surface area contributed by atoms with Crippen LogP contribution >= 0.6 is 90.4 Å². The van der Waals surface area contributed by atoms with E-state index in [1.807, 2.05) is 31.2 Å². The molecule has 0 saturated carbocycles. The van der Waals surface area contributed by atoms with Crippen molar-refractivity contribution in [1.29, 1.82) is 0 Å². The van der Waals surface area contributed by atoms with Gasteiger partial charge in [0, 0.05) is 19.8 Å². The van der Waals surface area contributed by atoms with Crippen LogP contribution < -0.4 is 9.47 Å². The molecule has 0 N–H and O–H groups in total. The standard InChI is InChI=1S/C41H26F6I4O2/c1-22-15-28(39-36(50)20-31(21-37(39)51)25-9-13-33(14-10-25)53-41(45,46)47)5-3-26(22)17-27-4-6-29(18-34(27)48)38-23(2)16-30(19-35(38)49)24-7-11-32(12-8-24)52-40(42,43)44/h3-16,18-21H,17H2,1-2H3. The molecule has 0 bridgehead atoms. The molecule has 0 amide bonds. The summed E-state index contributed by atoms with van der Waals surface area (Å²) in [5, 5.41) is 0. The fourth-order valence-corrected chi connectivity index (χ4v) is 10.3. The number of hydrogen-bond donors (Lipinski definition) is 0. The maximum Gasteiger partial charge on any atom is 0.573 e. The first-order valence-electron chi connectivity index (χ1n) is 15.8. The van der Waals surface area contributed by atoms with Gasteiger partial charge in [0.25, 0.3) is 0 Å². The van der Waals surface area contributed by atoms with Crippen molar-refractivity contribution in [2.24, 2.45) is 0 Å². The molecule has 0 saturated heterocycles. The van der Waals surface area contributed by atoms with Crippen LogP contribution in [-0.4, -0.2) is 12.7 Å². The zero-order valence-corrected chi connectivity index (χ0v) is 36.3. The number of alkyl halides is 6. The van der Waals surface area contributed by atoms with E-state index in [0.29, 0.717) is 0 Å². The van der Waals surface area contributed by atoms with Gasteiger partial charge >= 0.3 is 12.7 Å². The molecule has 272 valence electrons. The Kier molecular flexibility index (Phi) is 12.3. The van der Waals surface area contributed by atoms with E-state index in [9.17, 15) is 26.3 Å². The predicted octanol–water partition coefficient (Wildman–Crippen LogP) is 14.8. The molecule has 0 unspecified atom stereocenters. The second-order valence-corrected chi connectivity index (χ2v) is 16.9. The lowest BCUT2D eigenvalue weighted by molar-refractivity contribution is -0.275. The van der Waals surface area contributed by atoms with Gasteiger partial charge in [-0.1, -0.05) is 60.7 Å². The summed E-state index contributed by atoms with van der Waals surface area (Å²) in [5.74, 6) is -0.509. The van der Waals surface area contributed by atoms with Crippen molar-refractivity contribution in [2.45, 2.75) is 33.0 Å². The molecule has 0 heterocycles. The van der Waals surface area contributed by atoms with Crippen LogP contribution in [-0.2, 0) is 6.42 Å². The third-order valence-corrected chi connectivity index (χ3v) is 12.1. The number of rotatable bonds is 8. The predicted molar refractivity (Wildman–Crippen MR) is 231 cm³/mol. The summed E-state index contributed by atoms with van der Waals surface area (Å²) in [5.41, 5.74) is 12.4. The molecule has 0 aliphatic heterocycles. The zero-order chi connectivity index (χ0) is 38.2. The fourth-order valence-electron chi connectivity index (χ4n) is 6.09. The number of aryl methyl sites for hydroxylation is 2. The Labute approximate surface area is 357 Å². The van der Waals surface area contributed by atoms with Crippen LogP contribution in [0.3, 0.4) is 0 Å². The number of halogens is 10. The van der Waals surface area contributed by atoms with Gasteiger partial charge in [0.1, 0.15) is 11.5 Å².